The maximum Gasteiger partial charge on any atom is 0.238 e. The van der Waals surface area contributed by atoms with Gasteiger partial charge in [-0.25, -0.2) is 29.7 Å². The molecular formula is C50H46NO12S5-3. The van der Waals surface area contributed by atoms with Gasteiger partial charge in [0.05, 0.1) is 32.5 Å². The Bertz CT molecular complexity index is 3460. The fourth-order valence-corrected chi connectivity index (χ4v) is 14.4. The van der Waals surface area contributed by atoms with Gasteiger partial charge in [-0.15, -0.1) is 0 Å². The first-order chi connectivity index (χ1) is 31.9. The van der Waals surface area contributed by atoms with Crippen molar-refractivity contribution in [2.45, 2.75) is 91.2 Å². The molecule has 13 nitrogen and oxygen atoms in total. The van der Waals surface area contributed by atoms with Crippen LogP contribution >= 0.6 is 23.8 Å². The molecular weight excluding hydrogens is 967 g/mol. The standard InChI is InChI=1S/C50H49NO12S5/c1-30-9-15-35(16-10-30)64-48-31(12-22-42-40(25-26-66(53,54)55)41-19-11-33-27-36(65-63-62-52)17-20-38(33)46(41)49(42,2)3)7-6-8-32(48)14-24-44-50(4,5)47-39-21-18-37(67(56,57)58)28-34(39)13-23-43(47)51(44)29-45(51)68(59,60)61/h9-24,27-28,45H,6-8,25-26,29H2,1-5H3,(H3-,52,53,54,55,56,57,58,59,60,61)/p-3/b22-12+,32-14+,44-24+. The van der Waals surface area contributed by atoms with Crippen molar-refractivity contribution < 1.29 is 53.5 Å². The highest BCUT2D eigenvalue weighted by Crippen LogP contribution is 2.62. The SMILES string of the molecule is Cc1ccc(SC2=C(/C=C/C3=C(CCS(=O)(=O)[O-])c4ccc5cc(SOO[O-])ccc5c4C3(C)C)CCC/C2=C\C=C2/C(C)(C)c3c(ccc4cc(S(=O)(=O)[O-])ccc34)[N+]23CC3S(=O)(=O)[O-])cc1. The summed E-state index contributed by atoms with van der Waals surface area (Å²) in [6, 6.07) is 25.2. The van der Waals surface area contributed by atoms with Gasteiger partial charge in [-0.3, -0.25) is 5.04 Å². The maximum absolute atomic E-state index is 12.9. The fourth-order valence-electron chi connectivity index (χ4n) is 10.8. The number of allylic oxidation sites excluding steroid dienone is 9. The molecule has 0 N–H and O–H groups in total. The van der Waals surface area contributed by atoms with E-state index in [0.717, 1.165) is 83.6 Å². The lowest BCUT2D eigenvalue weighted by Gasteiger charge is -2.26. The minimum Gasteiger partial charge on any atom is -0.748 e. The number of hydrogen-bond acceptors (Lipinski definition) is 14. The molecule has 2 aliphatic carbocycles. The van der Waals surface area contributed by atoms with E-state index in [9.17, 15) is 44.2 Å². The molecule has 5 aromatic carbocycles. The predicted molar refractivity (Wildman–Crippen MR) is 259 cm³/mol. The third-order valence-electron chi connectivity index (χ3n) is 13.8. The van der Waals surface area contributed by atoms with Crippen molar-refractivity contribution in [3.05, 3.63) is 159 Å². The Morgan fingerprint density at radius 1 is 0.765 bits per heavy atom. The van der Waals surface area contributed by atoms with Gasteiger partial charge in [0.25, 0.3) is 0 Å². The highest BCUT2D eigenvalue weighted by molar-refractivity contribution is 8.03. The number of nitrogens with zero attached hydrogens (tertiary/aromatic N) is 1. The van der Waals surface area contributed by atoms with Gasteiger partial charge in [-0.05, 0) is 150 Å². The van der Waals surface area contributed by atoms with Crippen molar-refractivity contribution >= 4 is 87.0 Å². The largest absolute Gasteiger partial charge is 0.748 e. The fraction of sp³-hybridized carbons (Fsp3) is 0.280. The zero-order valence-electron chi connectivity index (χ0n) is 37.6. The summed E-state index contributed by atoms with van der Waals surface area (Å²) in [5.41, 5.74) is 7.13. The van der Waals surface area contributed by atoms with Crippen LogP contribution in [0.25, 0.3) is 27.1 Å². The lowest BCUT2D eigenvalue weighted by atomic mass is 9.78. The first-order valence-electron chi connectivity index (χ1n) is 21.8. The molecule has 356 valence electrons. The smallest absolute Gasteiger partial charge is 0.238 e. The van der Waals surface area contributed by atoms with Crippen LogP contribution in [-0.2, 0) is 50.6 Å². The number of hydrogen-bond donors (Lipinski definition) is 0. The molecule has 4 aliphatic rings. The molecule has 2 atom stereocenters. The molecule has 0 amide bonds. The van der Waals surface area contributed by atoms with E-state index in [0.29, 0.717) is 39.9 Å². The zero-order valence-corrected chi connectivity index (χ0v) is 41.7. The molecule has 0 saturated carbocycles. The first kappa shape index (κ1) is 48.6. The van der Waals surface area contributed by atoms with Gasteiger partial charge in [0.15, 0.2) is 16.7 Å². The van der Waals surface area contributed by atoms with Crippen LogP contribution in [0.2, 0.25) is 0 Å². The normalized spacial score (nSPS) is 22.4. The van der Waals surface area contributed by atoms with Crippen molar-refractivity contribution in [3.63, 3.8) is 0 Å². The third-order valence-corrected chi connectivity index (χ3v) is 18.3. The second kappa shape index (κ2) is 17.5. The molecule has 0 bridgehead atoms. The lowest BCUT2D eigenvalue weighted by Crippen LogP contribution is -2.33. The molecule has 0 aromatic heterocycles. The van der Waals surface area contributed by atoms with Crippen LogP contribution < -0.4 is 9.74 Å². The van der Waals surface area contributed by atoms with E-state index >= 15 is 0 Å². The highest BCUT2D eigenvalue weighted by Gasteiger charge is 2.71. The minimum absolute atomic E-state index is 0.00520. The lowest BCUT2D eigenvalue weighted by molar-refractivity contribution is -0.777. The van der Waals surface area contributed by atoms with Gasteiger partial charge in [0.1, 0.15) is 21.5 Å². The predicted octanol–water partition coefficient (Wildman–Crippen LogP) is 9.20. The Balaban J connectivity index is 1.18. The van der Waals surface area contributed by atoms with Crippen LogP contribution in [0.4, 0.5) is 5.69 Å². The average Bonchev–Trinajstić information content (AvgIpc) is 3.94. The molecule has 2 aliphatic heterocycles. The Labute approximate surface area is 404 Å². The van der Waals surface area contributed by atoms with Crippen molar-refractivity contribution in [2.75, 3.05) is 12.3 Å². The van der Waals surface area contributed by atoms with E-state index in [2.05, 4.69) is 41.4 Å². The first-order valence-corrected chi connectivity index (χ1v) is 27.8. The number of aryl methyl sites for hydroxylation is 1. The van der Waals surface area contributed by atoms with Gasteiger partial charge in [-0.1, -0.05) is 85.8 Å². The summed E-state index contributed by atoms with van der Waals surface area (Å²) < 4.78 is 115. The molecule has 5 aromatic rings. The molecule has 1 saturated heterocycles. The second-order valence-corrected chi connectivity index (χ2v) is 25.0. The van der Waals surface area contributed by atoms with Crippen LogP contribution in [-0.4, -0.2) is 56.6 Å². The van der Waals surface area contributed by atoms with Crippen molar-refractivity contribution in [3.8, 4) is 0 Å². The third kappa shape index (κ3) is 8.77. The van der Waals surface area contributed by atoms with E-state index in [1.54, 1.807) is 36.0 Å². The molecule has 18 heteroatoms. The molecule has 2 heterocycles. The summed E-state index contributed by atoms with van der Waals surface area (Å²) in [4.78, 5) is 2.24. The average molecular weight is 1010 g/mol. The summed E-state index contributed by atoms with van der Waals surface area (Å²) in [5.74, 6) is -0.582. The Kier molecular flexibility index (Phi) is 12.5. The van der Waals surface area contributed by atoms with Crippen LogP contribution in [0.3, 0.4) is 0 Å². The Morgan fingerprint density at radius 3 is 2.12 bits per heavy atom. The summed E-state index contributed by atoms with van der Waals surface area (Å²) in [5, 5.41) is 15.7. The topological polar surface area (TPSA) is 213 Å². The van der Waals surface area contributed by atoms with E-state index in [1.807, 2.05) is 75.4 Å². The van der Waals surface area contributed by atoms with Crippen LogP contribution in [0, 0.1) is 6.92 Å². The Morgan fingerprint density at radius 2 is 1.44 bits per heavy atom. The van der Waals surface area contributed by atoms with Gasteiger partial charge in [-0.2, -0.15) is 4.33 Å². The molecule has 1 spiro atoms. The number of benzene rings is 5. The van der Waals surface area contributed by atoms with Crippen LogP contribution in [0.1, 0.15) is 75.6 Å². The van der Waals surface area contributed by atoms with Crippen LogP contribution in [0.5, 0.6) is 0 Å². The van der Waals surface area contributed by atoms with E-state index in [4.69, 9.17) is 0 Å². The quantitative estimate of drug-likeness (QED) is 0.0269. The summed E-state index contributed by atoms with van der Waals surface area (Å²) in [6.45, 7) is 10.1. The van der Waals surface area contributed by atoms with Gasteiger partial charge < -0.3 is 18.9 Å². The van der Waals surface area contributed by atoms with E-state index < -0.39 is 52.3 Å². The summed E-state index contributed by atoms with van der Waals surface area (Å²) in [7, 11) is -14.1. The second-order valence-electron chi connectivity index (χ2n) is 18.7. The van der Waals surface area contributed by atoms with Crippen LogP contribution in [0.15, 0.2) is 151 Å². The van der Waals surface area contributed by atoms with E-state index in [-0.39, 0.29) is 22.3 Å². The van der Waals surface area contributed by atoms with Gasteiger partial charge >= 0.3 is 0 Å². The molecule has 68 heavy (non-hydrogen) atoms. The summed E-state index contributed by atoms with van der Waals surface area (Å²) >= 11 is 2.39. The monoisotopic (exact) mass is 1010 g/mol. The molecule has 2 unspecified atom stereocenters. The van der Waals surface area contributed by atoms with Gasteiger partial charge in [0.2, 0.25) is 5.37 Å². The molecule has 0 radical (unpaired) electrons. The number of fused-ring (bicyclic) bond motifs is 7. The number of rotatable bonds is 13. The minimum atomic E-state index is -4.77. The molecule has 1 fully saturated rings. The van der Waals surface area contributed by atoms with Crippen molar-refractivity contribution in [1.82, 2.24) is 4.48 Å². The Hall–Kier alpha value is -4.41. The van der Waals surface area contributed by atoms with Gasteiger partial charge in [0, 0.05) is 37.5 Å². The number of thioether (sulfide) groups is 1. The van der Waals surface area contributed by atoms with Crippen molar-refractivity contribution in [1.29, 1.82) is 0 Å². The number of quaternary nitrogens is 1. The maximum atomic E-state index is 12.9. The highest BCUT2D eigenvalue weighted by atomic mass is 32.2. The van der Waals surface area contributed by atoms with E-state index in [1.165, 1.54) is 12.1 Å². The van der Waals surface area contributed by atoms with Crippen molar-refractivity contribution in [2.24, 2.45) is 0 Å². The molecule has 9 rings (SSSR count). The summed E-state index contributed by atoms with van der Waals surface area (Å²) in [6.07, 6.45) is 10.3. The zero-order chi connectivity index (χ0) is 48.8.